The molecule has 3 aromatic carbocycles. The molecule has 0 spiro atoms. The lowest BCUT2D eigenvalue weighted by Crippen LogP contribution is -2.43. The van der Waals surface area contributed by atoms with Crippen molar-refractivity contribution < 1.29 is 44.7 Å². The Kier molecular flexibility index (Phi) is 7.19. The monoisotopic (exact) mass is 582 g/mol. The zero-order chi connectivity index (χ0) is 30.5. The van der Waals surface area contributed by atoms with E-state index in [-0.39, 0.29) is 16.9 Å². The molecule has 1 aliphatic rings. The van der Waals surface area contributed by atoms with E-state index in [1.807, 2.05) is 0 Å². The third-order valence-electron chi connectivity index (χ3n) is 6.48. The van der Waals surface area contributed by atoms with Crippen molar-refractivity contribution in [2.24, 2.45) is 0 Å². The van der Waals surface area contributed by atoms with Gasteiger partial charge in [0.2, 0.25) is 0 Å². The molecule has 0 aliphatic carbocycles. The maximum Gasteiger partial charge on any atom is 0.417 e. The maximum absolute atomic E-state index is 14.3. The number of anilines is 3. The van der Waals surface area contributed by atoms with Gasteiger partial charge >= 0.3 is 18.4 Å². The van der Waals surface area contributed by atoms with Crippen molar-refractivity contribution in [2.45, 2.75) is 38.3 Å². The Morgan fingerprint density at radius 2 is 1.56 bits per heavy atom. The molecule has 1 aliphatic heterocycles. The minimum absolute atomic E-state index is 0.0198. The lowest BCUT2D eigenvalue weighted by atomic mass is 10.0. The number of alkyl halides is 6. The normalized spacial score (nSPS) is 15.3. The highest BCUT2D eigenvalue weighted by molar-refractivity contribution is 6.23. The molecule has 0 aromatic heterocycles. The number of nitrogens with zero attached hydrogens (tertiary/aromatic N) is 3. The Morgan fingerprint density at radius 3 is 2.15 bits per heavy atom. The van der Waals surface area contributed by atoms with Gasteiger partial charge in [-0.3, -0.25) is 4.79 Å². The van der Waals surface area contributed by atoms with E-state index in [0.29, 0.717) is 29.2 Å². The van der Waals surface area contributed by atoms with Gasteiger partial charge in [-0.2, -0.15) is 31.6 Å². The van der Waals surface area contributed by atoms with Crippen LogP contribution in [0.3, 0.4) is 0 Å². The number of imide groups is 1. The molecule has 14 heteroatoms. The van der Waals surface area contributed by atoms with Gasteiger partial charge in [0.15, 0.2) is 0 Å². The van der Waals surface area contributed by atoms with Crippen molar-refractivity contribution in [3.05, 3.63) is 88.5 Å². The first-order valence-electron chi connectivity index (χ1n) is 11.6. The predicted octanol–water partition coefficient (Wildman–Crippen LogP) is 7.37. The number of benzene rings is 3. The Balaban J connectivity index is 1.76. The van der Waals surface area contributed by atoms with Crippen LogP contribution in [0.2, 0.25) is 0 Å². The zero-order valence-electron chi connectivity index (χ0n) is 21.1. The van der Waals surface area contributed by atoms with Crippen molar-refractivity contribution in [3.8, 4) is 6.07 Å². The van der Waals surface area contributed by atoms with Crippen molar-refractivity contribution in [3.63, 3.8) is 0 Å². The number of nitrogens with one attached hydrogen (secondary N) is 1. The summed E-state index contributed by atoms with van der Waals surface area (Å²) in [7, 11) is 0. The third-order valence-corrected chi connectivity index (χ3v) is 6.48. The summed E-state index contributed by atoms with van der Waals surface area (Å²) in [5, 5.41) is 11.5. The van der Waals surface area contributed by atoms with Gasteiger partial charge in [-0.05, 0) is 61.9 Å². The van der Waals surface area contributed by atoms with E-state index in [0.717, 1.165) is 35.2 Å². The van der Waals surface area contributed by atoms with E-state index < -0.39 is 70.4 Å². The lowest BCUT2D eigenvalue weighted by Gasteiger charge is -2.29. The quantitative estimate of drug-likeness (QED) is 0.252. The molecule has 1 heterocycles. The SMILES string of the molecule is CC1(C)C(=O)N(c2ccc(C#N)c(C(F)(F)F)c2)C(=O)N1Cc1ccc(C(F)(F)F)cc1Nc1ccc(F)cc1F. The number of rotatable bonds is 5. The summed E-state index contributed by atoms with van der Waals surface area (Å²) in [6.45, 7) is 2.05. The van der Waals surface area contributed by atoms with E-state index >= 15 is 0 Å². The molecule has 1 saturated heterocycles. The first-order chi connectivity index (χ1) is 18.9. The molecule has 0 saturated carbocycles. The molecule has 0 atom stereocenters. The van der Waals surface area contributed by atoms with Gasteiger partial charge < -0.3 is 10.2 Å². The highest BCUT2D eigenvalue weighted by Gasteiger charge is 2.52. The van der Waals surface area contributed by atoms with Gasteiger partial charge in [0, 0.05) is 11.8 Å². The van der Waals surface area contributed by atoms with Gasteiger partial charge in [-0.15, -0.1) is 0 Å². The maximum atomic E-state index is 14.3. The van der Waals surface area contributed by atoms with Crippen molar-refractivity contribution in [1.29, 1.82) is 5.26 Å². The third kappa shape index (κ3) is 5.52. The molecule has 3 amide bonds. The summed E-state index contributed by atoms with van der Waals surface area (Å²) in [5.74, 6) is -2.99. The number of hydrogen-bond acceptors (Lipinski definition) is 4. The van der Waals surface area contributed by atoms with Crippen LogP contribution in [0.4, 0.5) is 57.0 Å². The zero-order valence-corrected chi connectivity index (χ0v) is 21.1. The Labute approximate surface area is 227 Å². The average Bonchev–Trinajstić information content (AvgIpc) is 3.04. The molecule has 1 N–H and O–H groups in total. The molecule has 0 unspecified atom stereocenters. The molecule has 3 aromatic rings. The van der Waals surface area contributed by atoms with Crippen LogP contribution in [0.25, 0.3) is 0 Å². The predicted molar refractivity (Wildman–Crippen MR) is 130 cm³/mol. The van der Waals surface area contributed by atoms with Gasteiger partial charge in [0.05, 0.1) is 40.7 Å². The molecule has 6 nitrogen and oxygen atoms in total. The highest BCUT2D eigenvalue weighted by Crippen LogP contribution is 2.40. The topological polar surface area (TPSA) is 76.4 Å². The number of nitriles is 1. The second-order valence-electron chi connectivity index (χ2n) is 9.53. The lowest BCUT2D eigenvalue weighted by molar-refractivity contribution is -0.138. The van der Waals surface area contributed by atoms with Crippen LogP contribution in [0.5, 0.6) is 0 Å². The van der Waals surface area contributed by atoms with Crippen LogP contribution < -0.4 is 10.2 Å². The Hall–Kier alpha value is -4.67. The largest absolute Gasteiger partial charge is 0.417 e. The molecule has 41 heavy (non-hydrogen) atoms. The van der Waals surface area contributed by atoms with Crippen LogP contribution in [-0.2, 0) is 23.7 Å². The minimum atomic E-state index is -4.97. The number of halogens is 8. The van der Waals surface area contributed by atoms with Crippen molar-refractivity contribution in [2.75, 3.05) is 10.2 Å². The molecular formula is C27H18F8N4O2. The van der Waals surface area contributed by atoms with E-state index in [2.05, 4.69) is 5.32 Å². The molecule has 1 fully saturated rings. The van der Waals surface area contributed by atoms with Crippen molar-refractivity contribution >= 4 is 29.0 Å². The Bertz CT molecular complexity index is 1590. The summed E-state index contributed by atoms with van der Waals surface area (Å²) < 4.78 is 109. The second kappa shape index (κ2) is 10.1. The van der Waals surface area contributed by atoms with E-state index in [1.54, 1.807) is 0 Å². The van der Waals surface area contributed by atoms with Gasteiger partial charge in [-0.1, -0.05) is 6.07 Å². The van der Waals surface area contributed by atoms with Crippen LogP contribution in [0.1, 0.15) is 36.1 Å². The number of carbonyl (C=O) groups is 2. The summed E-state index contributed by atoms with van der Waals surface area (Å²) in [6, 6.07) is 7.25. The highest BCUT2D eigenvalue weighted by atomic mass is 19.4. The molecule has 0 bridgehead atoms. The molecule has 4 rings (SSSR count). The summed E-state index contributed by atoms with van der Waals surface area (Å²) in [4.78, 5) is 28.1. The van der Waals surface area contributed by atoms with Gasteiger partial charge in [0.25, 0.3) is 5.91 Å². The van der Waals surface area contributed by atoms with Gasteiger partial charge in [0.1, 0.15) is 17.2 Å². The molecule has 214 valence electrons. The fraction of sp³-hybridized carbons (Fsp3) is 0.222. The smallest absolute Gasteiger partial charge is 0.353 e. The fourth-order valence-corrected chi connectivity index (χ4v) is 4.25. The average molecular weight is 582 g/mol. The minimum Gasteiger partial charge on any atom is -0.353 e. The summed E-state index contributed by atoms with van der Waals surface area (Å²) in [5.41, 5.74) is -6.12. The second-order valence-corrected chi connectivity index (χ2v) is 9.53. The summed E-state index contributed by atoms with van der Waals surface area (Å²) in [6.07, 6.45) is -9.78. The van der Waals surface area contributed by atoms with E-state index in [1.165, 1.54) is 19.9 Å². The summed E-state index contributed by atoms with van der Waals surface area (Å²) >= 11 is 0. The fourth-order valence-electron chi connectivity index (χ4n) is 4.25. The van der Waals surface area contributed by atoms with Crippen LogP contribution in [0.15, 0.2) is 54.6 Å². The number of urea groups is 1. The molecule has 0 radical (unpaired) electrons. The van der Waals surface area contributed by atoms with E-state index in [9.17, 15) is 44.7 Å². The first-order valence-corrected chi connectivity index (χ1v) is 11.6. The van der Waals surface area contributed by atoms with E-state index in [4.69, 9.17) is 5.26 Å². The van der Waals surface area contributed by atoms with Crippen LogP contribution in [-0.4, -0.2) is 22.4 Å². The van der Waals surface area contributed by atoms with Gasteiger partial charge in [-0.25, -0.2) is 18.5 Å². The van der Waals surface area contributed by atoms with Crippen LogP contribution in [0, 0.1) is 23.0 Å². The standard InChI is InChI=1S/C27H18F8N4O2/c1-25(2)23(40)39(18-7-4-14(12-36)19(11-18)27(33,34)35)24(41)38(25)13-15-3-5-16(26(30,31)32)9-22(15)37-21-8-6-17(28)10-20(21)29/h3-11,37H,13H2,1-2H3. The first kappa shape index (κ1) is 29.3. The number of amides is 3. The van der Waals surface area contributed by atoms with Crippen molar-refractivity contribution in [1.82, 2.24) is 4.90 Å². The molecular weight excluding hydrogens is 564 g/mol. The Morgan fingerprint density at radius 1 is 0.878 bits per heavy atom. The number of hydrogen-bond donors (Lipinski definition) is 1. The van der Waals surface area contributed by atoms with Crippen LogP contribution >= 0.6 is 0 Å². The number of carbonyl (C=O) groups excluding carboxylic acids is 2.